The first-order valence-electron chi connectivity index (χ1n) is 6.14. The first-order chi connectivity index (χ1) is 9.50. The van der Waals surface area contributed by atoms with Crippen molar-refractivity contribution < 1.29 is 4.79 Å². The van der Waals surface area contributed by atoms with Gasteiger partial charge in [-0.3, -0.25) is 14.4 Å². The number of rotatable bonds is 4. The van der Waals surface area contributed by atoms with E-state index in [2.05, 4.69) is 5.10 Å². The number of para-hydroxylation sites is 1. The summed E-state index contributed by atoms with van der Waals surface area (Å²) in [7, 11) is 0. The average Bonchev–Trinajstić information content (AvgIpc) is 2.89. The number of hydrogen-bond acceptors (Lipinski definition) is 2. The molecular weight excluding hydrogens is 297 g/mol. The molecule has 0 saturated heterocycles. The molecule has 2 rings (SSSR count). The van der Waals surface area contributed by atoms with Crippen LogP contribution in [0.3, 0.4) is 0 Å². The predicted molar refractivity (Wildman–Crippen MR) is 81.1 cm³/mol. The Morgan fingerprint density at radius 1 is 1.30 bits per heavy atom. The van der Waals surface area contributed by atoms with Gasteiger partial charge in [-0.1, -0.05) is 41.4 Å². The lowest BCUT2D eigenvalue weighted by molar-refractivity contribution is -0.117. The monoisotopic (exact) mass is 311 g/mol. The predicted octanol–water partition coefficient (Wildman–Crippen LogP) is 3.29. The second kappa shape index (κ2) is 6.29. The molecule has 0 unspecified atom stereocenters. The minimum atomic E-state index is -1.11. The lowest BCUT2D eigenvalue weighted by atomic mass is 10.1. The van der Waals surface area contributed by atoms with Crippen LogP contribution in [0.4, 0.5) is 5.69 Å². The van der Waals surface area contributed by atoms with Gasteiger partial charge in [0.15, 0.2) is 4.84 Å². The summed E-state index contributed by atoms with van der Waals surface area (Å²) >= 11 is 11.5. The van der Waals surface area contributed by atoms with Crippen molar-refractivity contribution in [2.24, 2.45) is 0 Å². The van der Waals surface area contributed by atoms with Crippen molar-refractivity contribution in [3.8, 4) is 0 Å². The summed E-state index contributed by atoms with van der Waals surface area (Å²) in [5.74, 6) is -0.360. The van der Waals surface area contributed by atoms with Crippen molar-refractivity contribution >= 4 is 34.8 Å². The van der Waals surface area contributed by atoms with Gasteiger partial charge < -0.3 is 0 Å². The van der Waals surface area contributed by atoms with Crippen molar-refractivity contribution in [3.05, 3.63) is 47.8 Å². The molecule has 0 aliphatic rings. The minimum absolute atomic E-state index is 0.271. The number of carbonyl (C=O) groups excluding carboxylic acids is 1. The van der Waals surface area contributed by atoms with E-state index in [0.29, 0.717) is 0 Å². The molecule has 1 amide bonds. The summed E-state index contributed by atoms with van der Waals surface area (Å²) in [4.78, 5) is 12.7. The van der Waals surface area contributed by atoms with Crippen molar-refractivity contribution in [2.45, 2.75) is 25.4 Å². The third kappa shape index (κ3) is 3.14. The number of aromatic nitrogens is 2. The average molecular weight is 312 g/mol. The molecule has 6 heteroatoms. The number of benzene rings is 1. The second-order valence-corrected chi connectivity index (χ2v) is 5.59. The summed E-state index contributed by atoms with van der Waals surface area (Å²) in [5, 5.41) is 4.12. The Hall–Kier alpha value is -1.52. The Morgan fingerprint density at radius 3 is 2.45 bits per heavy atom. The second-order valence-electron chi connectivity index (χ2n) is 4.49. The highest BCUT2D eigenvalue weighted by Crippen LogP contribution is 2.27. The number of nitrogens with zero attached hydrogens (tertiary/aromatic N) is 3. The molecule has 0 N–H and O–H groups in total. The van der Waals surface area contributed by atoms with Crippen LogP contribution in [0.2, 0.25) is 0 Å². The van der Waals surface area contributed by atoms with Gasteiger partial charge in [0.05, 0.1) is 5.69 Å². The van der Waals surface area contributed by atoms with Crippen molar-refractivity contribution in [3.63, 3.8) is 0 Å². The molecule has 2 aromatic rings. The number of carbonyl (C=O) groups is 1. The summed E-state index contributed by atoms with van der Waals surface area (Å²) in [5.41, 5.74) is 2.79. The molecule has 0 aliphatic carbocycles. The van der Waals surface area contributed by atoms with Gasteiger partial charge >= 0.3 is 0 Å². The Bertz CT molecular complexity index is 576. The molecule has 4 nitrogen and oxygen atoms in total. The maximum atomic E-state index is 12.3. The van der Waals surface area contributed by atoms with E-state index in [1.165, 1.54) is 0 Å². The van der Waals surface area contributed by atoms with Crippen LogP contribution < -0.4 is 4.90 Å². The Kier molecular flexibility index (Phi) is 4.68. The van der Waals surface area contributed by atoms with Gasteiger partial charge in [-0.05, 0) is 31.0 Å². The molecule has 0 radical (unpaired) electrons. The highest BCUT2D eigenvalue weighted by molar-refractivity contribution is 6.54. The van der Waals surface area contributed by atoms with E-state index in [1.807, 2.05) is 32.0 Å². The van der Waals surface area contributed by atoms with Gasteiger partial charge in [0.2, 0.25) is 0 Å². The summed E-state index contributed by atoms with van der Waals surface area (Å²) in [6, 6.07) is 7.64. The smallest absolute Gasteiger partial charge is 0.261 e. The van der Waals surface area contributed by atoms with Crippen LogP contribution >= 0.6 is 23.2 Å². The van der Waals surface area contributed by atoms with Gasteiger partial charge in [0, 0.05) is 12.4 Å². The van der Waals surface area contributed by atoms with Crippen molar-refractivity contribution in [1.82, 2.24) is 9.78 Å². The third-order valence-electron chi connectivity index (χ3n) is 3.01. The molecule has 0 fully saturated rings. The van der Waals surface area contributed by atoms with Crippen LogP contribution in [-0.2, 0) is 11.5 Å². The summed E-state index contributed by atoms with van der Waals surface area (Å²) in [6.07, 6.45) is 3.44. The first-order valence-corrected chi connectivity index (χ1v) is 7.01. The number of hydrogen-bond donors (Lipinski definition) is 0. The van der Waals surface area contributed by atoms with Gasteiger partial charge in [-0.15, -0.1) is 0 Å². The van der Waals surface area contributed by atoms with Gasteiger partial charge in [-0.25, -0.2) is 0 Å². The Labute approximate surface area is 127 Å². The lowest BCUT2D eigenvalue weighted by Gasteiger charge is -2.26. The maximum absolute atomic E-state index is 12.3. The zero-order chi connectivity index (χ0) is 14.7. The van der Waals surface area contributed by atoms with Crippen LogP contribution in [0.1, 0.15) is 11.1 Å². The van der Waals surface area contributed by atoms with Crippen LogP contribution in [0, 0.1) is 13.8 Å². The minimum Gasteiger partial charge on any atom is -0.289 e. The zero-order valence-corrected chi connectivity index (χ0v) is 12.8. The highest BCUT2D eigenvalue weighted by Gasteiger charge is 2.24. The third-order valence-corrected chi connectivity index (χ3v) is 3.38. The van der Waals surface area contributed by atoms with E-state index in [4.69, 9.17) is 23.2 Å². The molecule has 106 valence electrons. The van der Waals surface area contributed by atoms with E-state index >= 15 is 0 Å². The molecule has 1 aromatic heterocycles. The quantitative estimate of drug-likeness (QED) is 0.813. The van der Waals surface area contributed by atoms with Gasteiger partial charge in [0.25, 0.3) is 5.91 Å². The van der Waals surface area contributed by atoms with Crippen molar-refractivity contribution in [1.29, 1.82) is 0 Å². The van der Waals surface area contributed by atoms with E-state index < -0.39 is 4.84 Å². The van der Waals surface area contributed by atoms with E-state index in [0.717, 1.165) is 16.8 Å². The fourth-order valence-electron chi connectivity index (χ4n) is 2.13. The number of amides is 1. The molecule has 0 aliphatic heterocycles. The molecule has 1 heterocycles. The van der Waals surface area contributed by atoms with E-state index in [1.54, 1.807) is 28.0 Å². The molecule has 0 spiro atoms. The Morgan fingerprint density at radius 2 is 1.95 bits per heavy atom. The number of alkyl halides is 2. The van der Waals surface area contributed by atoms with Gasteiger partial charge in [-0.2, -0.15) is 5.10 Å². The maximum Gasteiger partial charge on any atom is 0.261 e. The van der Waals surface area contributed by atoms with E-state index in [-0.39, 0.29) is 12.6 Å². The Balaban J connectivity index is 2.43. The lowest BCUT2D eigenvalue weighted by Crippen LogP contribution is -2.37. The SMILES string of the molecule is Cc1cccc(C)c1N(Cn1cccn1)C(=O)C(Cl)Cl. The van der Waals surface area contributed by atoms with Crippen LogP contribution in [-0.4, -0.2) is 20.5 Å². The fourth-order valence-corrected chi connectivity index (χ4v) is 2.36. The normalized spacial score (nSPS) is 10.8. The summed E-state index contributed by atoms with van der Waals surface area (Å²) in [6.45, 7) is 4.17. The molecular formula is C14H15Cl2N3O. The van der Waals surface area contributed by atoms with Crippen LogP contribution in [0.15, 0.2) is 36.7 Å². The standard InChI is InChI=1S/C14H15Cl2N3O/c1-10-5-3-6-11(2)12(10)19(14(20)13(15)16)9-18-8-4-7-17-18/h3-8,13H,9H2,1-2H3. The van der Waals surface area contributed by atoms with Crippen LogP contribution in [0.5, 0.6) is 0 Å². The molecule has 0 saturated carbocycles. The van der Waals surface area contributed by atoms with Crippen LogP contribution in [0.25, 0.3) is 0 Å². The molecule has 0 bridgehead atoms. The van der Waals surface area contributed by atoms with Crippen molar-refractivity contribution in [2.75, 3.05) is 4.90 Å². The largest absolute Gasteiger partial charge is 0.289 e. The summed E-state index contributed by atoms with van der Waals surface area (Å²) < 4.78 is 1.65. The zero-order valence-electron chi connectivity index (χ0n) is 11.3. The molecule has 20 heavy (non-hydrogen) atoms. The highest BCUT2D eigenvalue weighted by atomic mass is 35.5. The van der Waals surface area contributed by atoms with Gasteiger partial charge in [0.1, 0.15) is 6.67 Å². The number of anilines is 1. The molecule has 1 aromatic carbocycles. The number of aryl methyl sites for hydroxylation is 2. The molecule has 0 atom stereocenters. The number of halogens is 2. The van der Waals surface area contributed by atoms with E-state index in [9.17, 15) is 4.79 Å². The fraction of sp³-hybridized carbons (Fsp3) is 0.286. The topological polar surface area (TPSA) is 38.1 Å². The first kappa shape index (κ1) is 14.9.